The van der Waals surface area contributed by atoms with Crippen molar-refractivity contribution < 1.29 is 17.9 Å². The number of sulfonamides is 1. The van der Waals surface area contributed by atoms with E-state index >= 15 is 0 Å². The smallest absolute Gasteiger partial charge is 0.264 e. The maximum absolute atomic E-state index is 13.2. The van der Waals surface area contributed by atoms with Crippen molar-refractivity contribution in [1.82, 2.24) is 5.32 Å². The molecule has 0 spiro atoms. The van der Waals surface area contributed by atoms with Gasteiger partial charge in [0.1, 0.15) is 18.9 Å². The molecule has 31 heavy (non-hydrogen) atoms. The third kappa shape index (κ3) is 6.44. The quantitative estimate of drug-likeness (QED) is 0.323. The van der Waals surface area contributed by atoms with Crippen molar-refractivity contribution in [2.75, 3.05) is 24.0 Å². The van der Waals surface area contributed by atoms with Gasteiger partial charge in [-0.2, -0.15) is 0 Å². The second-order valence-corrected chi connectivity index (χ2v) is 9.92. The average molecular weight is 550 g/mol. The van der Waals surface area contributed by atoms with Gasteiger partial charge in [0.2, 0.25) is 5.91 Å². The largest absolute Gasteiger partial charge is 0.492 e. The lowest BCUT2D eigenvalue weighted by Crippen LogP contribution is -2.41. The molecule has 0 atom stereocenters. The molecule has 0 aliphatic heterocycles. The van der Waals surface area contributed by atoms with Crippen LogP contribution in [0.3, 0.4) is 0 Å². The topological polar surface area (TPSA) is 75.7 Å². The van der Waals surface area contributed by atoms with E-state index in [9.17, 15) is 13.2 Å². The molecule has 0 heterocycles. The van der Waals surface area contributed by atoms with Gasteiger partial charge in [0.05, 0.1) is 17.1 Å². The Morgan fingerprint density at radius 2 is 1.61 bits per heavy atom. The predicted molar refractivity (Wildman–Crippen MR) is 130 cm³/mol. The summed E-state index contributed by atoms with van der Waals surface area (Å²) in [5.41, 5.74) is 1.56. The van der Waals surface area contributed by atoms with Gasteiger partial charge in [0, 0.05) is 3.57 Å². The second kappa shape index (κ2) is 10.6. The lowest BCUT2D eigenvalue weighted by molar-refractivity contribution is -0.119. The average Bonchev–Trinajstić information content (AvgIpc) is 2.77. The maximum atomic E-state index is 13.2. The van der Waals surface area contributed by atoms with Crippen LogP contribution in [0.25, 0.3) is 0 Å². The lowest BCUT2D eigenvalue weighted by atomic mass is 10.2. The van der Waals surface area contributed by atoms with Crippen molar-refractivity contribution >= 4 is 44.2 Å². The van der Waals surface area contributed by atoms with Gasteiger partial charge in [-0.05, 0) is 78.0 Å². The third-order valence-electron chi connectivity index (χ3n) is 4.45. The molecule has 3 aromatic rings. The summed E-state index contributed by atoms with van der Waals surface area (Å²) in [6.07, 6.45) is 0. The van der Waals surface area contributed by atoms with Crippen LogP contribution in [0.2, 0.25) is 0 Å². The number of nitrogens with zero attached hydrogens (tertiary/aromatic N) is 1. The van der Waals surface area contributed by atoms with E-state index in [0.717, 1.165) is 13.4 Å². The molecule has 1 N–H and O–H groups in total. The fourth-order valence-corrected chi connectivity index (χ4v) is 4.62. The van der Waals surface area contributed by atoms with Crippen molar-refractivity contribution in [3.8, 4) is 5.75 Å². The molecule has 162 valence electrons. The van der Waals surface area contributed by atoms with Gasteiger partial charge in [0.25, 0.3) is 10.0 Å². The molecule has 0 aliphatic rings. The lowest BCUT2D eigenvalue weighted by Gasteiger charge is -2.24. The van der Waals surface area contributed by atoms with E-state index in [0.29, 0.717) is 11.4 Å². The molecular weight excluding hydrogens is 527 g/mol. The molecule has 3 aromatic carbocycles. The summed E-state index contributed by atoms with van der Waals surface area (Å²) >= 11 is 2.15. The molecule has 0 unspecified atom stereocenters. The summed E-state index contributed by atoms with van der Waals surface area (Å²) in [6, 6.07) is 22.7. The standard InChI is InChI=1S/C23H23IN2O4S/c1-18-7-13-21(14-8-18)30-16-15-25-23(27)17-26(20-11-9-19(24)10-12-20)31(28,29)22-5-3-2-4-6-22/h2-14H,15-17H2,1H3,(H,25,27). The Balaban J connectivity index is 1.67. The van der Waals surface area contributed by atoms with Gasteiger partial charge in [-0.3, -0.25) is 9.10 Å². The maximum Gasteiger partial charge on any atom is 0.264 e. The second-order valence-electron chi connectivity index (χ2n) is 6.81. The minimum atomic E-state index is -3.90. The van der Waals surface area contributed by atoms with Crippen molar-refractivity contribution in [2.45, 2.75) is 11.8 Å². The monoisotopic (exact) mass is 550 g/mol. The zero-order valence-electron chi connectivity index (χ0n) is 17.0. The van der Waals surface area contributed by atoms with Gasteiger partial charge in [-0.25, -0.2) is 8.42 Å². The van der Waals surface area contributed by atoms with Crippen molar-refractivity contribution in [3.63, 3.8) is 0 Å². The van der Waals surface area contributed by atoms with Gasteiger partial charge in [0.15, 0.2) is 0 Å². The number of anilines is 1. The molecule has 8 heteroatoms. The van der Waals surface area contributed by atoms with Gasteiger partial charge >= 0.3 is 0 Å². The highest BCUT2D eigenvalue weighted by atomic mass is 127. The van der Waals surface area contributed by atoms with Crippen LogP contribution in [-0.2, 0) is 14.8 Å². The highest BCUT2D eigenvalue weighted by Crippen LogP contribution is 2.24. The summed E-state index contributed by atoms with van der Waals surface area (Å²) in [5.74, 6) is 0.303. The molecule has 0 aliphatic carbocycles. The van der Waals surface area contributed by atoms with E-state index in [4.69, 9.17) is 4.74 Å². The van der Waals surface area contributed by atoms with Crippen LogP contribution in [0.5, 0.6) is 5.75 Å². The number of halogens is 1. The molecule has 0 saturated heterocycles. The summed E-state index contributed by atoms with van der Waals surface area (Å²) < 4.78 is 34.1. The molecule has 0 saturated carbocycles. The van der Waals surface area contributed by atoms with Gasteiger partial charge in [-0.15, -0.1) is 0 Å². The molecule has 0 aromatic heterocycles. The molecular formula is C23H23IN2O4S. The third-order valence-corrected chi connectivity index (χ3v) is 6.95. The molecule has 6 nitrogen and oxygen atoms in total. The Morgan fingerprint density at radius 3 is 2.26 bits per heavy atom. The highest BCUT2D eigenvalue weighted by molar-refractivity contribution is 14.1. The molecule has 0 bridgehead atoms. The SMILES string of the molecule is Cc1ccc(OCCNC(=O)CN(c2ccc(I)cc2)S(=O)(=O)c2ccccc2)cc1. The Bertz CT molecular complexity index is 1100. The van der Waals surface area contributed by atoms with E-state index in [-0.39, 0.29) is 24.6 Å². The number of carbonyl (C=O) groups excluding carboxylic acids is 1. The predicted octanol–water partition coefficient (Wildman–Crippen LogP) is 3.99. The van der Waals surface area contributed by atoms with Gasteiger partial charge in [-0.1, -0.05) is 35.9 Å². The van der Waals surface area contributed by atoms with Crippen LogP contribution in [0, 0.1) is 10.5 Å². The summed E-state index contributed by atoms with van der Waals surface area (Å²) in [6.45, 7) is 2.21. The van der Waals surface area contributed by atoms with Crippen molar-refractivity contribution in [2.24, 2.45) is 0 Å². The summed E-state index contributed by atoms with van der Waals surface area (Å²) in [7, 11) is -3.90. The zero-order chi connectivity index (χ0) is 22.3. The van der Waals surface area contributed by atoms with E-state index in [1.165, 1.54) is 12.1 Å². The number of aryl methyl sites for hydroxylation is 1. The Kier molecular flexibility index (Phi) is 7.91. The Morgan fingerprint density at radius 1 is 0.968 bits per heavy atom. The van der Waals surface area contributed by atoms with Crippen LogP contribution >= 0.6 is 22.6 Å². The van der Waals surface area contributed by atoms with Crippen molar-refractivity contribution in [1.29, 1.82) is 0 Å². The summed E-state index contributed by atoms with van der Waals surface area (Å²) in [4.78, 5) is 12.7. The molecule has 3 rings (SSSR count). The molecule has 0 radical (unpaired) electrons. The van der Waals surface area contributed by atoms with Crippen LogP contribution < -0.4 is 14.4 Å². The van der Waals surface area contributed by atoms with Crippen LogP contribution in [-0.4, -0.2) is 34.0 Å². The first-order valence-corrected chi connectivity index (χ1v) is 12.2. The van der Waals surface area contributed by atoms with Crippen LogP contribution in [0.4, 0.5) is 5.69 Å². The number of carbonyl (C=O) groups is 1. The van der Waals surface area contributed by atoms with E-state index < -0.39 is 15.9 Å². The Labute approximate surface area is 196 Å². The minimum absolute atomic E-state index is 0.129. The van der Waals surface area contributed by atoms with E-state index in [2.05, 4.69) is 27.9 Å². The van der Waals surface area contributed by atoms with E-state index in [1.54, 1.807) is 42.5 Å². The Hall–Kier alpha value is -2.59. The van der Waals surface area contributed by atoms with E-state index in [1.807, 2.05) is 31.2 Å². The number of ether oxygens (including phenoxy) is 1. The summed E-state index contributed by atoms with van der Waals surface area (Å²) in [5, 5.41) is 2.73. The number of nitrogens with one attached hydrogen (secondary N) is 1. The number of hydrogen-bond donors (Lipinski definition) is 1. The zero-order valence-corrected chi connectivity index (χ0v) is 20.0. The molecule has 1 amide bonds. The molecule has 0 fully saturated rings. The van der Waals surface area contributed by atoms with Crippen LogP contribution in [0.1, 0.15) is 5.56 Å². The number of hydrogen-bond acceptors (Lipinski definition) is 4. The normalized spacial score (nSPS) is 11.0. The fraction of sp³-hybridized carbons (Fsp3) is 0.174. The number of benzene rings is 3. The van der Waals surface area contributed by atoms with Gasteiger partial charge < -0.3 is 10.1 Å². The highest BCUT2D eigenvalue weighted by Gasteiger charge is 2.26. The first kappa shape index (κ1) is 23.1. The minimum Gasteiger partial charge on any atom is -0.492 e. The van der Waals surface area contributed by atoms with Crippen molar-refractivity contribution in [3.05, 3.63) is 88.0 Å². The van der Waals surface area contributed by atoms with Crippen LogP contribution in [0.15, 0.2) is 83.8 Å². The first-order chi connectivity index (χ1) is 14.9. The number of amides is 1. The first-order valence-electron chi connectivity index (χ1n) is 9.66. The fourth-order valence-electron chi connectivity index (χ4n) is 2.82. The number of rotatable bonds is 9.